The minimum Gasteiger partial charge on any atom is -0.349 e. The van der Waals surface area contributed by atoms with Crippen LogP contribution in [0.3, 0.4) is 0 Å². The van der Waals surface area contributed by atoms with Crippen LogP contribution < -0.4 is 5.32 Å². The van der Waals surface area contributed by atoms with Crippen LogP contribution in [0.15, 0.2) is 17.5 Å². The van der Waals surface area contributed by atoms with Gasteiger partial charge in [0.05, 0.1) is 6.04 Å². The van der Waals surface area contributed by atoms with E-state index in [1.165, 1.54) is 4.88 Å². The van der Waals surface area contributed by atoms with Crippen LogP contribution in [0.4, 0.5) is 0 Å². The molecule has 2 nitrogen and oxygen atoms in total. The van der Waals surface area contributed by atoms with Gasteiger partial charge < -0.3 is 5.32 Å². The molecular formula is C10H15NOS. The molecule has 0 saturated carbocycles. The molecule has 1 N–H and O–H groups in total. The second kappa shape index (κ2) is 4.42. The molecule has 1 rings (SSSR count). The molecule has 0 bridgehead atoms. The molecule has 1 aromatic heterocycles. The number of amides is 1. The number of rotatable bonds is 3. The van der Waals surface area contributed by atoms with E-state index in [2.05, 4.69) is 5.32 Å². The van der Waals surface area contributed by atoms with Crippen molar-refractivity contribution in [3.63, 3.8) is 0 Å². The van der Waals surface area contributed by atoms with Crippen molar-refractivity contribution in [3.8, 4) is 0 Å². The van der Waals surface area contributed by atoms with Crippen LogP contribution in [-0.2, 0) is 4.79 Å². The van der Waals surface area contributed by atoms with Gasteiger partial charge in [0.2, 0.25) is 5.91 Å². The fourth-order valence-corrected chi connectivity index (χ4v) is 1.72. The first-order valence-electron chi connectivity index (χ1n) is 4.45. The molecule has 1 amide bonds. The van der Waals surface area contributed by atoms with E-state index >= 15 is 0 Å². The standard InChI is InChI=1S/C10H15NOS/c1-7(2)10(12)11-8(3)9-5-4-6-13-9/h4-8H,1-3H3,(H,11,12). The van der Waals surface area contributed by atoms with Crippen LogP contribution in [0.5, 0.6) is 0 Å². The quantitative estimate of drug-likeness (QED) is 0.792. The van der Waals surface area contributed by atoms with Gasteiger partial charge in [-0.2, -0.15) is 0 Å². The van der Waals surface area contributed by atoms with E-state index in [1.54, 1.807) is 11.3 Å². The van der Waals surface area contributed by atoms with Gasteiger partial charge in [-0.25, -0.2) is 0 Å². The highest BCUT2D eigenvalue weighted by Gasteiger charge is 2.12. The average molecular weight is 197 g/mol. The summed E-state index contributed by atoms with van der Waals surface area (Å²) in [7, 11) is 0. The van der Waals surface area contributed by atoms with E-state index in [0.717, 1.165) is 0 Å². The summed E-state index contributed by atoms with van der Waals surface area (Å²) in [5, 5.41) is 4.97. The van der Waals surface area contributed by atoms with Gasteiger partial charge in [0.25, 0.3) is 0 Å². The molecule has 0 fully saturated rings. The summed E-state index contributed by atoms with van der Waals surface area (Å²) in [6, 6.07) is 4.17. The smallest absolute Gasteiger partial charge is 0.223 e. The van der Waals surface area contributed by atoms with E-state index < -0.39 is 0 Å². The molecule has 1 atom stereocenters. The van der Waals surface area contributed by atoms with Crippen LogP contribution in [0.25, 0.3) is 0 Å². The van der Waals surface area contributed by atoms with Gasteiger partial charge in [0.1, 0.15) is 0 Å². The Morgan fingerprint density at radius 1 is 1.46 bits per heavy atom. The van der Waals surface area contributed by atoms with Gasteiger partial charge in [-0.1, -0.05) is 19.9 Å². The zero-order chi connectivity index (χ0) is 9.84. The minimum atomic E-state index is 0.0578. The molecular weight excluding hydrogens is 182 g/mol. The van der Waals surface area contributed by atoms with Crippen molar-refractivity contribution in [3.05, 3.63) is 22.4 Å². The lowest BCUT2D eigenvalue weighted by Crippen LogP contribution is -2.29. The predicted molar refractivity (Wildman–Crippen MR) is 55.7 cm³/mol. The van der Waals surface area contributed by atoms with E-state index in [4.69, 9.17) is 0 Å². The summed E-state index contributed by atoms with van der Waals surface area (Å²) in [6.07, 6.45) is 0. The molecule has 0 spiro atoms. The Labute approximate surface area is 83.0 Å². The number of hydrogen-bond donors (Lipinski definition) is 1. The highest BCUT2D eigenvalue weighted by molar-refractivity contribution is 7.10. The average Bonchev–Trinajstić information content (AvgIpc) is 2.55. The maximum Gasteiger partial charge on any atom is 0.223 e. The highest BCUT2D eigenvalue weighted by atomic mass is 32.1. The summed E-state index contributed by atoms with van der Waals surface area (Å²) >= 11 is 1.67. The monoisotopic (exact) mass is 197 g/mol. The molecule has 1 aromatic rings. The summed E-state index contributed by atoms with van der Waals surface area (Å²) in [4.78, 5) is 12.5. The first-order valence-corrected chi connectivity index (χ1v) is 5.33. The van der Waals surface area contributed by atoms with Crippen LogP contribution in [0.2, 0.25) is 0 Å². The van der Waals surface area contributed by atoms with Gasteiger partial charge >= 0.3 is 0 Å². The molecule has 1 heterocycles. The molecule has 0 saturated heterocycles. The Kier molecular flexibility index (Phi) is 3.48. The number of carbonyl (C=O) groups is 1. The number of thiophene rings is 1. The second-order valence-corrected chi connectivity index (χ2v) is 4.38. The Hall–Kier alpha value is -0.830. The molecule has 72 valence electrons. The predicted octanol–water partition coefficient (Wildman–Crippen LogP) is 2.58. The third kappa shape index (κ3) is 2.84. The zero-order valence-corrected chi connectivity index (χ0v) is 9.02. The van der Waals surface area contributed by atoms with Crippen molar-refractivity contribution in [2.45, 2.75) is 26.8 Å². The van der Waals surface area contributed by atoms with Crippen LogP contribution in [-0.4, -0.2) is 5.91 Å². The van der Waals surface area contributed by atoms with Crippen LogP contribution in [0, 0.1) is 5.92 Å². The summed E-state index contributed by atoms with van der Waals surface area (Å²) in [5.41, 5.74) is 0. The molecule has 0 aliphatic heterocycles. The fourth-order valence-electron chi connectivity index (χ4n) is 0.989. The van der Waals surface area contributed by atoms with Gasteiger partial charge in [-0.05, 0) is 18.4 Å². The van der Waals surface area contributed by atoms with Crippen molar-refractivity contribution in [2.24, 2.45) is 5.92 Å². The highest BCUT2D eigenvalue weighted by Crippen LogP contribution is 2.18. The molecule has 0 radical (unpaired) electrons. The van der Waals surface area contributed by atoms with Crippen LogP contribution >= 0.6 is 11.3 Å². The number of hydrogen-bond acceptors (Lipinski definition) is 2. The van der Waals surface area contributed by atoms with E-state index in [9.17, 15) is 4.79 Å². The molecule has 0 aliphatic carbocycles. The Bertz CT molecular complexity index is 266. The lowest BCUT2D eigenvalue weighted by Gasteiger charge is -2.13. The van der Waals surface area contributed by atoms with Crippen molar-refractivity contribution in [2.75, 3.05) is 0 Å². The molecule has 0 aromatic carbocycles. The summed E-state index contributed by atoms with van der Waals surface area (Å²) in [6.45, 7) is 5.80. The van der Waals surface area contributed by atoms with Crippen LogP contribution in [0.1, 0.15) is 31.7 Å². The first-order chi connectivity index (χ1) is 6.11. The third-order valence-corrected chi connectivity index (χ3v) is 2.91. The van der Waals surface area contributed by atoms with Gasteiger partial charge in [-0.15, -0.1) is 11.3 Å². The minimum absolute atomic E-state index is 0.0578. The molecule has 13 heavy (non-hydrogen) atoms. The normalized spacial score (nSPS) is 12.9. The Balaban J connectivity index is 2.51. The molecule has 3 heteroatoms. The number of nitrogens with one attached hydrogen (secondary N) is 1. The lowest BCUT2D eigenvalue weighted by atomic mass is 10.2. The van der Waals surface area contributed by atoms with Gasteiger partial charge in [0, 0.05) is 10.8 Å². The SMILES string of the molecule is CC(C)C(=O)NC(C)c1cccs1. The molecule has 0 aliphatic rings. The Morgan fingerprint density at radius 2 is 2.15 bits per heavy atom. The van der Waals surface area contributed by atoms with E-state index in [1.807, 2.05) is 38.3 Å². The number of carbonyl (C=O) groups excluding carboxylic acids is 1. The van der Waals surface area contributed by atoms with Gasteiger partial charge in [-0.3, -0.25) is 4.79 Å². The van der Waals surface area contributed by atoms with Crippen molar-refractivity contribution in [1.82, 2.24) is 5.32 Å². The topological polar surface area (TPSA) is 29.1 Å². The van der Waals surface area contributed by atoms with Gasteiger partial charge in [0.15, 0.2) is 0 Å². The second-order valence-electron chi connectivity index (χ2n) is 3.40. The van der Waals surface area contributed by atoms with E-state index in [0.29, 0.717) is 0 Å². The Morgan fingerprint density at radius 3 is 2.62 bits per heavy atom. The van der Waals surface area contributed by atoms with E-state index in [-0.39, 0.29) is 17.9 Å². The fraction of sp³-hybridized carbons (Fsp3) is 0.500. The van der Waals surface area contributed by atoms with Crippen molar-refractivity contribution < 1.29 is 4.79 Å². The first kappa shape index (κ1) is 10.3. The maximum absolute atomic E-state index is 11.3. The molecule has 1 unspecified atom stereocenters. The van der Waals surface area contributed by atoms with Crippen molar-refractivity contribution in [1.29, 1.82) is 0 Å². The zero-order valence-electron chi connectivity index (χ0n) is 8.20. The summed E-state index contributed by atoms with van der Waals surface area (Å²) < 4.78 is 0. The lowest BCUT2D eigenvalue weighted by molar-refractivity contribution is -0.124. The van der Waals surface area contributed by atoms with Crippen molar-refractivity contribution >= 4 is 17.2 Å². The maximum atomic E-state index is 11.3. The summed E-state index contributed by atoms with van der Waals surface area (Å²) in [5.74, 6) is 0.170. The third-order valence-electron chi connectivity index (χ3n) is 1.85. The largest absolute Gasteiger partial charge is 0.349 e.